The fraction of sp³-hybridized carbons (Fsp3) is 0.438. The molecule has 0 aliphatic heterocycles. The molecular formula is C16H18F2N2O. The van der Waals surface area contributed by atoms with Gasteiger partial charge < -0.3 is 9.67 Å². The van der Waals surface area contributed by atoms with Crippen LogP contribution < -0.4 is 0 Å². The lowest BCUT2D eigenvalue weighted by Crippen LogP contribution is -2.21. The Labute approximate surface area is 122 Å². The van der Waals surface area contributed by atoms with Crippen molar-refractivity contribution in [2.45, 2.75) is 31.7 Å². The van der Waals surface area contributed by atoms with Crippen molar-refractivity contribution in [1.29, 1.82) is 0 Å². The van der Waals surface area contributed by atoms with E-state index in [0.717, 1.165) is 31.7 Å². The molecule has 1 fully saturated rings. The number of hydrogen-bond donors (Lipinski definition) is 1. The maximum atomic E-state index is 13.4. The molecule has 2 aromatic rings. The van der Waals surface area contributed by atoms with Crippen LogP contribution in [-0.2, 0) is 0 Å². The van der Waals surface area contributed by atoms with Crippen molar-refractivity contribution in [2.24, 2.45) is 5.92 Å². The van der Waals surface area contributed by atoms with Crippen molar-refractivity contribution < 1.29 is 13.9 Å². The Bertz CT molecular complexity index is 626. The third-order valence-corrected chi connectivity index (χ3v) is 4.25. The monoisotopic (exact) mass is 292 g/mol. The predicted molar refractivity (Wildman–Crippen MR) is 75.7 cm³/mol. The minimum Gasteiger partial charge on any atom is -0.396 e. The first kappa shape index (κ1) is 14.2. The lowest BCUT2D eigenvalue weighted by atomic mass is 9.86. The maximum Gasteiger partial charge on any atom is 0.159 e. The molecule has 1 aliphatic rings. The molecule has 0 amide bonds. The third kappa shape index (κ3) is 2.83. The molecular weight excluding hydrogens is 274 g/mol. The van der Waals surface area contributed by atoms with Crippen molar-refractivity contribution >= 4 is 0 Å². The van der Waals surface area contributed by atoms with Gasteiger partial charge in [-0.05, 0) is 43.4 Å². The number of nitrogens with zero attached hydrogens (tertiary/aromatic N) is 2. The number of imidazole rings is 1. The number of hydrogen-bond acceptors (Lipinski definition) is 2. The van der Waals surface area contributed by atoms with Gasteiger partial charge in [0, 0.05) is 30.6 Å². The van der Waals surface area contributed by atoms with Crippen molar-refractivity contribution in [3.63, 3.8) is 0 Å². The van der Waals surface area contributed by atoms with Crippen LogP contribution in [0.3, 0.4) is 0 Å². The molecule has 21 heavy (non-hydrogen) atoms. The molecule has 3 nitrogen and oxygen atoms in total. The normalized spacial score (nSPS) is 22.4. The van der Waals surface area contributed by atoms with Crippen LogP contribution in [0.15, 0.2) is 30.6 Å². The summed E-state index contributed by atoms with van der Waals surface area (Å²) in [5, 5.41) is 9.34. The van der Waals surface area contributed by atoms with Gasteiger partial charge in [-0.25, -0.2) is 13.8 Å². The number of rotatable bonds is 3. The Morgan fingerprint density at radius 2 is 2.10 bits per heavy atom. The second kappa shape index (κ2) is 5.93. The Morgan fingerprint density at radius 1 is 1.24 bits per heavy atom. The summed E-state index contributed by atoms with van der Waals surface area (Å²) in [4.78, 5) is 4.29. The summed E-state index contributed by atoms with van der Waals surface area (Å²) in [6.07, 6.45) is 7.57. The molecule has 5 heteroatoms. The molecule has 0 bridgehead atoms. The van der Waals surface area contributed by atoms with E-state index >= 15 is 0 Å². The molecule has 2 atom stereocenters. The van der Waals surface area contributed by atoms with Gasteiger partial charge in [0.15, 0.2) is 11.6 Å². The van der Waals surface area contributed by atoms with E-state index in [1.807, 2.05) is 10.8 Å². The van der Waals surface area contributed by atoms with Crippen LogP contribution in [0.25, 0.3) is 11.4 Å². The summed E-state index contributed by atoms with van der Waals surface area (Å²) >= 11 is 0. The van der Waals surface area contributed by atoms with Gasteiger partial charge in [0.1, 0.15) is 5.82 Å². The Morgan fingerprint density at radius 3 is 2.86 bits per heavy atom. The number of aromatic nitrogens is 2. The van der Waals surface area contributed by atoms with Gasteiger partial charge in [-0.15, -0.1) is 0 Å². The van der Waals surface area contributed by atoms with Crippen LogP contribution in [0.1, 0.15) is 31.7 Å². The van der Waals surface area contributed by atoms with Crippen LogP contribution in [0.4, 0.5) is 8.78 Å². The van der Waals surface area contributed by atoms with Gasteiger partial charge >= 0.3 is 0 Å². The summed E-state index contributed by atoms with van der Waals surface area (Å²) in [7, 11) is 0. The molecule has 0 unspecified atom stereocenters. The molecule has 112 valence electrons. The van der Waals surface area contributed by atoms with E-state index in [-0.39, 0.29) is 12.6 Å². The Hall–Kier alpha value is -1.75. The fourth-order valence-electron chi connectivity index (χ4n) is 3.15. The lowest BCUT2D eigenvalue weighted by Gasteiger charge is -2.30. The van der Waals surface area contributed by atoms with Crippen LogP contribution >= 0.6 is 0 Å². The van der Waals surface area contributed by atoms with Gasteiger partial charge in [-0.1, -0.05) is 6.42 Å². The molecule has 1 saturated carbocycles. The SMILES string of the molecule is OC[C@@H]1CCC[C@@H](n2ccnc2-c2ccc(F)c(F)c2)C1. The fourth-order valence-corrected chi connectivity index (χ4v) is 3.15. The highest BCUT2D eigenvalue weighted by Crippen LogP contribution is 2.35. The Kier molecular flexibility index (Phi) is 4.01. The van der Waals surface area contributed by atoms with E-state index in [1.54, 1.807) is 12.3 Å². The minimum absolute atomic E-state index is 0.200. The molecule has 1 aromatic carbocycles. The maximum absolute atomic E-state index is 13.4. The standard InChI is InChI=1S/C16H18F2N2O/c17-14-5-4-12(9-15(14)18)16-19-6-7-20(16)13-3-1-2-11(8-13)10-21/h4-7,9,11,13,21H,1-3,8,10H2/t11-,13-/m1/s1. The summed E-state index contributed by atoms with van der Waals surface area (Å²) in [5.41, 5.74) is 0.574. The largest absolute Gasteiger partial charge is 0.396 e. The first-order chi connectivity index (χ1) is 10.2. The molecule has 0 radical (unpaired) electrons. The van der Waals surface area contributed by atoms with Crippen molar-refractivity contribution in [1.82, 2.24) is 9.55 Å². The summed E-state index contributed by atoms with van der Waals surface area (Å²) in [5.74, 6) is -0.754. The molecule has 1 aliphatic carbocycles. The van der Waals surface area contributed by atoms with Gasteiger partial charge in [0.2, 0.25) is 0 Å². The molecule has 1 aromatic heterocycles. The average molecular weight is 292 g/mol. The molecule has 1 heterocycles. The second-order valence-corrected chi connectivity index (χ2v) is 5.66. The van der Waals surface area contributed by atoms with Crippen molar-refractivity contribution in [3.8, 4) is 11.4 Å². The van der Waals surface area contributed by atoms with E-state index in [0.29, 0.717) is 17.3 Å². The highest BCUT2D eigenvalue weighted by Gasteiger charge is 2.24. The molecule has 3 rings (SSSR count). The van der Waals surface area contributed by atoms with Gasteiger partial charge in [-0.2, -0.15) is 0 Å². The topological polar surface area (TPSA) is 38.0 Å². The second-order valence-electron chi connectivity index (χ2n) is 5.66. The average Bonchev–Trinajstić information content (AvgIpc) is 2.99. The summed E-state index contributed by atoms with van der Waals surface area (Å²) in [6.45, 7) is 0.200. The molecule has 0 saturated heterocycles. The van der Waals surface area contributed by atoms with Crippen LogP contribution in [-0.4, -0.2) is 21.3 Å². The first-order valence-electron chi connectivity index (χ1n) is 7.28. The van der Waals surface area contributed by atoms with E-state index in [1.165, 1.54) is 6.07 Å². The van der Waals surface area contributed by atoms with E-state index in [2.05, 4.69) is 4.98 Å². The first-order valence-corrected chi connectivity index (χ1v) is 7.28. The van der Waals surface area contributed by atoms with E-state index < -0.39 is 11.6 Å². The van der Waals surface area contributed by atoms with Gasteiger partial charge in [0.25, 0.3) is 0 Å². The van der Waals surface area contributed by atoms with Gasteiger partial charge in [0.05, 0.1) is 0 Å². The zero-order valence-corrected chi connectivity index (χ0v) is 11.7. The summed E-state index contributed by atoms with van der Waals surface area (Å²) in [6, 6.07) is 4.10. The number of aliphatic hydroxyl groups excluding tert-OH is 1. The predicted octanol–water partition coefficient (Wildman–Crippen LogP) is 3.55. The highest BCUT2D eigenvalue weighted by molar-refractivity contribution is 5.55. The summed E-state index contributed by atoms with van der Waals surface area (Å²) < 4.78 is 28.5. The zero-order chi connectivity index (χ0) is 14.8. The van der Waals surface area contributed by atoms with Gasteiger partial charge in [-0.3, -0.25) is 0 Å². The number of benzene rings is 1. The smallest absolute Gasteiger partial charge is 0.159 e. The van der Waals surface area contributed by atoms with Crippen molar-refractivity contribution in [2.75, 3.05) is 6.61 Å². The quantitative estimate of drug-likeness (QED) is 0.939. The molecule has 1 N–H and O–H groups in total. The van der Waals surface area contributed by atoms with Crippen LogP contribution in [0.2, 0.25) is 0 Å². The Balaban J connectivity index is 1.91. The van der Waals surface area contributed by atoms with Crippen LogP contribution in [0.5, 0.6) is 0 Å². The van der Waals surface area contributed by atoms with Crippen LogP contribution in [0, 0.1) is 17.6 Å². The van der Waals surface area contributed by atoms with Crippen molar-refractivity contribution in [3.05, 3.63) is 42.2 Å². The van der Waals surface area contributed by atoms with E-state index in [4.69, 9.17) is 0 Å². The zero-order valence-electron chi connectivity index (χ0n) is 11.7. The van der Waals surface area contributed by atoms with E-state index in [9.17, 15) is 13.9 Å². The highest BCUT2D eigenvalue weighted by atomic mass is 19.2. The number of aliphatic hydroxyl groups is 1. The lowest BCUT2D eigenvalue weighted by molar-refractivity contribution is 0.163. The third-order valence-electron chi connectivity index (χ3n) is 4.25. The molecule has 0 spiro atoms. The minimum atomic E-state index is -0.862. The number of halogens is 2.